The van der Waals surface area contributed by atoms with E-state index in [0.29, 0.717) is 5.56 Å². The molecule has 0 aliphatic heterocycles. The van der Waals surface area contributed by atoms with E-state index < -0.39 is 16.0 Å². The van der Waals surface area contributed by atoms with Crippen LogP contribution in [0.4, 0.5) is 0 Å². The molecule has 0 unspecified atom stereocenters. The van der Waals surface area contributed by atoms with Crippen LogP contribution in [0.1, 0.15) is 5.56 Å². The standard InChI is InChI=1S/C9H9NO4S/c10-15(13,14)8-3-1-2-7(6-8)4-5-9(11)12/h1-6H,(H,11,12)(H2,10,13,14)/b5-4+. The van der Waals surface area contributed by atoms with Crippen LogP contribution in [0.2, 0.25) is 0 Å². The SMILES string of the molecule is NS(=O)(=O)c1cccc(/C=C/C(=O)O)c1. The lowest BCUT2D eigenvalue weighted by Gasteiger charge is -1.98. The quantitative estimate of drug-likeness (QED) is 0.732. The van der Waals surface area contributed by atoms with Crippen molar-refractivity contribution in [2.24, 2.45) is 5.14 Å². The first-order valence-electron chi connectivity index (χ1n) is 3.93. The fourth-order valence-electron chi connectivity index (χ4n) is 0.963. The van der Waals surface area contributed by atoms with Crippen LogP contribution in [0.5, 0.6) is 0 Å². The molecular weight excluding hydrogens is 218 g/mol. The van der Waals surface area contributed by atoms with Crippen LogP contribution in [-0.4, -0.2) is 19.5 Å². The number of carboxylic acid groups (broad SMARTS) is 1. The molecule has 0 atom stereocenters. The van der Waals surface area contributed by atoms with Gasteiger partial charge in [0.25, 0.3) is 0 Å². The molecule has 80 valence electrons. The summed E-state index contributed by atoms with van der Waals surface area (Å²) in [5, 5.41) is 13.3. The molecule has 0 heterocycles. The van der Waals surface area contributed by atoms with Gasteiger partial charge in [0.2, 0.25) is 10.0 Å². The van der Waals surface area contributed by atoms with Crippen LogP contribution in [0.15, 0.2) is 35.2 Å². The van der Waals surface area contributed by atoms with E-state index in [-0.39, 0.29) is 4.90 Å². The van der Waals surface area contributed by atoms with Crippen molar-refractivity contribution in [2.45, 2.75) is 4.90 Å². The summed E-state index contributed by atoms with van der Waals surface area (Å²) in [5.74, 6) is -1.10. The lowest BCUT2D eigenvalue weighted by Crippen LogP contribution is -2.11. The first-order chi connectivity index (χ1) is 6.89. The van der Waals surface area contributed by atoms with E-state index in [1.165, 1.54) is 24.3 Å². The maximum atomic E-state index is 11.0. The highest BCUT2D eigenvalue weighted by Crippen LogP contribution is 2.10. The van der Waals surface area contributed by atoms with Gasteiger partial charge in [-0.1, -0.05) is 12.1 Å². The molecule has 1 aromatic rings. The zero-order chi connectivity index (χ0) is 11.5. The van der Waals surface area contributed by atoms with Crippen molar-refractivity contribution in [2.75, 3.05) is 0 Å². The van der Waals surface area contributed by atoms with Gasteiger partial charge in [-0.15, -0.1) is 0 Å². The molecule has 0 saturated carbocycles. The average molecular weight is 227 g/mol. The predicted octanol–water partition coefficient (Wildman–Crippen LogP) is 0.432. The number of sulfonamides is 1. The Labute approximate surface area is 86.9 Å². The van der Waals surface area contributed by atoms with E-state index in [2.05, 4.69) is 0 Å². The molecule has 6 heteroatoms. The van der Waals surface area contributed by atoms with Gasteiger partial charge < -0.3 is 5.11 Å². The summed E-state index contributed by atoms with van der Waals surface area (Å²) in [6.07, 6.45) is 2.21. The molecule has 0 saturated heterocycles. The second-order valence-electron chi connectivity index (χ2n) is 2.79. The van der Waals surface area contributed by atoms with Crippen molar-refractivity contribution < 1.29 is 18.3 Å². The lowest BCUT2D eigenvalue weighted by atomic mass is 10.2. The third-order valence-corrected chi connectivity index (χ3v) is 2.52. The summed E-state index contributed by atoms with van der Waals surface area (Å²) < 4.78 is 21.9. The highest BCUT2D eigenvalue weighted by molar-refractivity contribution is 7.89. The van der Waals surface area contributed by atoms with Crippen LogP contribution < -0.4 is 5.14 Å². The minimum atomic E-state index is -3.75. The summed E-state index contributed by atoms with van der Waals surface area (Å²) >= 11 is 0. The lowest BCUT2D eigenvalue weighted by molar-refractivity contribution is -0.131. The first kappa shape index (κ1) is 11.4. The number of carbonyl (C=O) groups is 1. The number of aliphatic carboxylic acids is 1. The molecule has 1 rings (SSSR count). The maximum Gasteiger partial charge on any atom is 0.328 e. The Kier molecular flexibility index (Phi) is 3.23. The highest BCUT2D eigenvalue weighted by Gasteiger charge is 2.06. The Morgan fingerprint density at radius 3 is 2.60 bits per heavy atom. The van der Waals surface area contributed by atoms with Gasteiger partial charge >= 0.3 is 5.97 Å². The normalized spacial score (nSPS) is 11.8. The van der Waals surface area contributed by atoms with Gasteiger partial charge in [0.1, 0.15) is 0 Å². The van der Waals surface area contributed by atoms with E-state index in [4.69, 9.17) is 10.2 Å². The smallest absolute Gasteiger partial charge is 0.328 e. The molecule has 0 amide bonds. The molecule has 3 N–H and O–H groups in total. The zero-order valence-corrected chi connectivity index (χ0v) is 8.44. The number of hydrogen-bond donors (Lipinski definition) is 2. The summed E-state index contributed by atoms with van der Waals surface area (Å²) in [6, 6.07) is 5.71. The van der Waals surface area contributed by atoms with Gasteiger partial charge in [-0.25, -0.2) is 18.4 Å². The molecule has 5 nitrogen and oxygen atoms in total. The minimum absolute atomic E-state index is 0.0463. The molecule has 0 aliphatic rings. The molecule has 1 aromatic carbocycles. The first-order valence-corrected chi connectivity index (χ1v) is 5.48. The molecule has 0 aromatic heterocycles. The van der Waals surface area contributed by atoms with E-state index in [0.717, 1.165) is 6.08 Å². The van der Waals surface area contributed by atoms with Crippen LogP contribution in [0.25, 0.3) is 6.08 Å². The summed E-state index contributed by atoms with van der Waals surface area (Å²) in [4.78, 5) is 10.2. The highest BCUT2D eigenvalue weighted by atomic mass is 32.2. The fraction of sp³-hybridized carbons (Fsp3) is 0. The van der Waals surface area contributed by atoms with Gasteiger partial charge in [0.05, 0.1) is 4.90 Å². The van der Waals surface area contributed by atoms with Crippen molar-refractivity contribution in [1.82, 2.24) is 0 Å². The topological polar surface area (TPSA) is 97.5 Å². The number of primary sulfonamides is 1. The van der Waals surface area contributed by atoms with Crippen molar-refractivity contribution in [1.29, 1.82) is 0 Å². The molecule has 15 heavy (non-hydrogen) atoms. The van der Waals surface area contributed by atoms with Crippen molar-refractivity contribution in [3.8, 4) is 0 Å². The number of rotatable bonds is 3. The Morgan fingerprint density at radius 2 is 2.07 bits per heavy atom. The van der Waals surface area contributed by atoms with E-state index in [9.17, 15) is 13.2 Å². The van der Waals surface area contributed by atoms with Gasteiger partial charge in [-0.05, 0) is 23.8 Å². The van der Waals surface area contributed by atoms with Crippen LogP contribution >= 0.6 is 0 Å². The average Bonchev–Trinajstić information content (AvgIpc) is 2.14. The van der Waals surface area contributed by atoms with Crippen molar-refractivity contribution >= 4 is 22.1 Å². The van der Waals surface area contributed by atoms with Crippen LogP contribution in [-0.2, 0) is 14.8 Å². The molecule has 0 radical (unpaired) electrons. The zero-order valence-electron chi connectivity index (χ0n) is 7.62. The molecule has 0 bridgehead atoms. The Morgan fingerprint density at radius 1 is 1.40 bits per heavy atom. The molecule has 0 aliphatic carbocycles. The van der Waals surface area contributed by atoms with Crippen LogP contribution in [0, 0.1) is 0 Å². The second kappa shape index (κ2) is 4.24. The number of nitrogens with two attached hydrogens (primary N) is 1. The van der Waals surface area contributed by atoms with Gasteiger partial charge in [0, 0.05) is 6.08 Å². The monoisotopic (exact) mass is 227 g/mol. The maximum absolute atomic E-state index is 11.0. The summed E-state index contributed by atoms with van der Waals surface area (Å²) in [5.41, 5.74) is 0.462. The van der Waals surface area contributed by atoms with Crippen molar-refractivity contribution in [3.63, 3.8) is 0 Å². The second-order valence-corrected chi connectivity index (χ2v) is 4.35. The Bertz CT molecular complexity index is 505. The molecule has 0 spiro atoms. The van der Waals surface area contributed by atoms with E-state index in [1.54, 1.807) is 6.07 Å². The molecular formula is C9H9NO4S. The number of hydrogen-bond acceptors (Lipinski definition) is 3. The fourth-order valence-corrected chi connectivity index (χ4v) is 1.53. The van der Waals surface area contributed by atoms with E-state index >= 15 is 0 Å². The Hall–Kier alpha value is -1.66. The van der Waals surface area contributed by atoms with Crippen molar-refractivity contribution in [3.05, 3.63) is 35.9 Å². The summed E-state index contributed by atoms with van der Waals surface area (Å²) in [6.45, 7) is 0. The third kappa shape index (κ3) is 3.53. The van der Waals surface area contributed by atoms with Gasteiger partial charge in [-0.2, -0.15) is 0 Å². The minimum Gasteiger partial charge on any atom is -0.478 e. The van der Waals surface area contributed by atoms with Crippen LogP contribution in [0.3, 0.4) is 0 Å². The Balaban J connectivity index is 3.09. The van der Waals surface area contributed by atoms with Gasteiger partial charge in [0.15, 0.2) is 0 Å². The van der Waals surface area contributed by atoms with E-state index in [1.807, 2.05) is 0 Å². The largest absolute Gasteiger partial charge is 0.478 e. The molecule has 0 fully saturated rings. The number of carboxylic acids is 1. The predicted molar refractivity (Wildman–Crippen MR) is 54.5 cm³/mol. The third-order valence-electron chi connectivity index (χ3n) is 1.60. The van der Waals surface area contributed by atoms with Gasteiger partial charge in [-0.3, -0.25) is 0 Å². The summed E-state index contributed by atoms with van der Waals surface area (Å²) in [7, 11) is -3.75. The number of benzene rings is 1.